The number of nitrogens with one attached hydrogen (secondary N) is 2. The van der Waals surface area contributed by atoms with Crippen LogP contribution in [-0.2, 0) is 17.8 Å². The molecule has 5 nitrogen and oxygen atoms in total. The number of anilines is 1. The van der Waals surface area contributed by atoms with Crippen LogP contribution in [0.5, 0.6) is 11.5 Å². The summed E-state index contributed by atoms with van der Waals surface area (Å²) in [6.07, 6.45) is 2.80. The van der Waals surface area contributed by atoms with Gasteiger partial charge in [0, 0.05) is 10.2 Å². The number of hydrogen-bond donors (Lipinski definition) is 2. The quantitative estimate of drug-likeness (QED) is 0.325. The van der Waals surface area contributed by atoms with E-state index in [0.29, 0.717) is 16.4 Å². The predicted molar refractivity (Wildman–Crippen MR) is 138 cm³/mol. The molecule has 1 aliphatic rings. The number of thioether (sulfide) groups is 1. The van der Waals surface area contributed by atoms with Gasteiger partial charge in [0.25, 0.3) is 5.91 Å². The lowest BCUT2D eigenvalue weighted by atomic mass is 10.1. The van der Waals surface area contributed by atoms with Gasteiger partial charge < -0.3 is 20.1 Å². The maximum Gasteiger partial charge on any atom is 0.260 e. The Labute approximate surface area is 210 Å². The Morgan fingerprint density at radius 2 is 1.79 bits per heavy atom. The number of methoxy groups -OCH3 is 1. The Hall–Kier alpha value is -2.97. The number of benzene rings is 3. The number of amides is 1. The monoisotopic (exact) mass is 542 g/mol. The molecule has 0 aliphatic carbocycles. The highest BCUT2D eigenvalue weighted by atomic mass is 79.9. The topological polar surface area (TPSA) is 59.6 Å². The lowest BCUT2D eigenvalue weighted by Crippen LogP contribution is -2.30. The fraction of sp³-hybridized carbons (Fsp3) is 0.192. The van der Waals surface area contributed by atoms with E-state index in [4.69, 9.17) is 9.47 Å². The van der Waals surface area contributed by atoms with Crippen LogP contribution >= 0.6 is 27.7 Å². The zero-order valence-corrected chi connectivity index (χ0v) is 21.1. The van der Waals surface area contributed by atoms with Gasteiger partial charge in [0.05, 0.1) is 12.0 Å². The molecule has 8 heteroatoms. The highest BCUT2D eigenvalue weighted by molar-refractivity contribution is 9.10. The summed E-state index contributed by atoms with van der Waals surface area (Å²) < 4.78 is 25.3. The maximum absolute atomic E-state index is 13.1. The van der Waals surface area contributed by atoms with Crippen molar-refractivity contribution in [1.29, 1.82) is 0 Å². The molecule has 0 spiro atoms. The number of rotatable bonds is 8. The molecule has 0 unspecified atom stereocenters. The molecule has 1 saturated heterocycles. The Balaban J connectivity index is 1.46. The van der Waals surface area contributed by atoms with E-state index in [-0.39, 0.29) is 23.8 Å². The van der Waals surface area contributed by atoms with E-state index in [2.05, 4.69) is 45.6 Å². The highest BCUT2D eigenvalue weighted by Gasteiger charge is 2.27. The van der Waals surface area contributed by atoms with Gasteiger partial charge in [-0.05, 0) is 65.6 Å². The Bertz CT molecular complexity index is 1200. The highest BCUT2D eigenvalue weighted by Crippen LogP contribution is 2.37. The fourth-order valence-corrected chi connectivity index (χ4v) is 4.78. The molecule has 1 aliphatic heterocycles. The minimum absolute atomic E-state index is 0.143. The van der Waals surface area contributed by atoms with E-state index in [1.165, 1.54) is 29.5 Å². The summed E-state index contributed by atoms with van der Waals surface area (Å²) in [7, 11) is 1.56. The van der Waals surface area contributed by atoms with Crippen LogP contribution in [0.3, 0.4) is 0 Å². The van der Waals surface area contributed by atoms with Crippen molar-refractivity contribution < 1.29 is 18.7 Å². The number of halogens is 2. The first-order valence-corrected chi connectivity index (χ1v) is 12.4. The van der Waals surface area contributed by atoms with Gasteiger partial charge in [0.15, 0.2) is 17.0 Å². The van der Waals surface area contributed by atoms with Crippen molar-refractivity contribution in [3.63, 3.8) is 0 Å². The third-order valence-electron chi connectivity index (χ3n) is 5.27. The minimum atomic E-state index is -0.290. The third kappa shape index (κ3) is 5.93. The summed E-state index contributed by atoms with van der Waals surface area (Å²) >= 11 is 4.99. The van der Waals surface area contributed by atoms with E-state index in [9.17, 15) is 9.18 Å². The fourth-order valence-electron chi connectivity index (χ4n) is 3.37. The second-order valence-corrected chi connectivity index (χ2v) is 9.62. The predicted octanol–water partition coefficient (Wildman–Crippen LogP) is 6.34. The summed E-state index contributed by atoms with van der Waals surface area (Å²) in [6, 6.07) is 17.9. The van der Waals surface area contributed by atoms with E-state index in [0.717, 1.165) is 27.7 Å². The molecule has 34 heavy (non-hydrogen) atoms. The first kappa shape index (κ1) is 24.2. The van der Waals surface area contributed by atoms with Crippen molar-refractivity contribution >= 4 is 45.4 Å². The van der Waals surface area contributed by atoms with Gasteiger partial charge in [-0.25, -0.2) is 4.39 Å². The van der Waals surface area contributed by atoms with Crippen molar-refractivity contribution in [3.8, 4) is 11.5 Å². The van der Waals surface area contributed by atoms with Crippen LogP contribution in [0.4, 0.5) is 10.1 Å². The molecule has 176 valence electrons. The molecule has 0 saturated carbocycles. The third-order valence-corrected chi connectivity index (χ3v) is 6.98. The molecular weight excluding hydrogens is 519 g/mol. The molecular formula is C26H24BrFN2O3S. The molecule has 1 fully saturated rings. The SMILES string of the molecule is CCc1ccc(N[C@H]2NC(=O)/C(=C/c3cc(OC)c(OCc4ccc(F)cc4)cc3Br)S2)cc1. The van der Waals surface area contributed by atoms with Gasteiger partial charge in [0.2, 0.25) is 0 Å². The van der Waals surface area contributed by atoms with Crippen molar-refractivity contribution in [2.45, 2.75) is 25.4 Å². The first-order valence-electron chi connectivity index (χ1n) is 10.7. The maximum atomic E-state index is 13.1. The van der Waals surface area contributed by atoms with Gasteiger partial charge in [-0.2, -0.15) is 0 Å². The van der Waals surface area contributed by atoms with Gasteiger partial charge in [-0.3, -0.25) is 4.79 Å². The summed E-state index contributed by atoms with van der Waals surface area (Å²) in [5, 5.41) is 6.28. The molecule has 1 amide bonds. The van der Waals surface area contributed by atoms with E-state index in [1.807, 2.05) is 24.3 Å². The standard InChI is InChI=1S/C26H24BrFN2O3S/c1-3-16-6-10-20(11-7-16)29-26-30-25(31)24(34-26)13-18-12-22(32-2)23(14-21(18)27)33-15-17-4-8-19(28)9-5-17/h4-14,26,29H,3,15H2,1-2H3,(H,30,31)/b24-13-/t26-/m0/s1. The summed E-state index contributed by atoms with van der Waals surface area (Å²) in [6.45, 7) is 2.39. The molecule has 1 heterocycles. The average molecular weight is 543 g/mol. The minimum Gasteiger partial charge on any atom is -0.493 e. The molecule has 3 aromatic carbocycles. The number of ether oxygens (including phenoxy) is 2. The van der Waals surface area contributed by atoms with Gasteiger partial charge >= 0.3 is 0 Å². The molecule has 0 radical (unpaired) electrons. The smallest absolute Gasteiger partial charge is 0.260 e. The summed E-state index contributed by atoms with van der Waals surface area (Å²) in [5.74, 6) is 0.642. The molecule has 0 aromatic heterocycles. The normalized spacial score (nSPS) is 16.4. The second kappa shape index (κ2) is 11.0. The van der Waals surface area contributed by atoms with Crippen LogP contribution in [0.2, 0.25) is 0 Å². The first-order chi connectivity index (χ1) is 16.4. The number of carbonyl (C=O) groups is 1. The van der Waals surface area contributed by atoms with Crippen LogP contribution in [0.15, 0.2) is 70.0 Å². The molecule has 2 N–H and O–H groups in total. The van der Waals surface area contributed by atoms with Crippen LogP contribution in [0.25, 0.3) is 6.08 Å². The molecule has 3 aromatic rings. The van der Waals surface area contributed by atoms with E-state index < -0.39 is 0 Å². The van der Waals surface area contributed by atoms with Crippen LogP contribution in [0.1, 0.15) is 23.6 Å². The zero-order chi connectivity index (χ0) is 24.1. The average Bonchev–Trinajstić information content (AvgIpc) is 3.18. The summed E-state index contributed by atoms with van der Waals surface area (Å²) in [5.41, 5.74) is 3.58. The van der Waals surface area contributed by atoms with Crippen LogP contribution < -0.4 is 20.1 Å². The van der Waals surface area contributed by atoms with E-state index in [1.54, 1.807) is 25.3 Å². The van der Waals surface area contributed by atoms with Crippen molar-refractivity contribution in [1.82, 2.24) is 5.32 Å². The Kier molecular flexibility index (Phi) is 7.80. The van der Waals surface area contributed by atoms with Gasteiger partial charge in [-0.15, -0.1) is 0 Å². The molecule has 0 bridgehead atoms. The molecule has 4 rings (SSSR count). The Morgan fingerprint density at radius 3 is 2.47 bits per heavy atom. The molecule has 1 atom stereocenters. The zero-order valence-electron chi connectivity index (χ0n) is 18.7. The van der Waals surface area contributed by atoms with Gasteiger partial charge in [-0.1, -0.05) is 58.9 Å². The van der Waals surface area contributed by atoms with Crippen molar-refractivity contribution in [2.24, 2.45) is 0 Å². The lowest BCUT2D eigenvalue weighted by Gasteiger charge is -2.13. The van der Waals surface area contributed by atoms with Crippen molar-refractivity contribution in [2.75, 3.05) is 12.4 Å². The summed E-state index contributed by atoms with van der Waals surface area (Å²) in [4.78, 5) is 13.1. The van der Waals surface area contributed by atoms with E-state index >= 15 is 0 Å². The largest absolute Gasteiger partial charge is 0.493 e. The van der Waals surface area contributed by atoms with Crippen LogP contribution in [0, 0.1) is 5.82 Å². The van der Waals surface area contributed by atoms with Crippen molar-refractivity contribution in [3.05, 3.63) is 92.5 Å². The lowest BCUT2D eigenvalue weighted by molar-refractivity contribution is -0.116. The van der Waals surface area contributed by atoms with Crippen LogP contribution in [-0.4, -0.2) is 18.5 Å². The number of carbonyl (C=O) groups excluding carboxylic acids is 1. The van der Waals surface area contributed by atoms with Gasteiger partial charge in [0.1, 0.15) is 12.4 Å². The number of hydrogen-bond acceptors (Lipinski definition) is 5. The second-order valence-electron chi connectivity index (χ2n) is 7.61. The Morgan fingerprint density at radius 1 is 1.09 bits per heavy atom. The number of aryl methyl sites for hydroxylation is 1.